The van der Waals surface area contributed by atoms with Crippen LogP contribution in [-0.4, -0.2) is 28.0 Å². The number of nitrogens with one attached hydrogen (secondary N) is 1. The Hall–Kier alpha value is -2.17. The van der Waals surface area contributed by atoms with Gasteiger partial charge in [0.1, 0.15) is 11.6 Å². The molecule has 0 aromatic carbocycles. The van der Waals surface area contributed by atoms with Crippen LogP contribution >= 0.6 is 0 Å². The summed E-state index contributed by atoms with van der Waals surface area (Å²) < 4.78 is 0. The van der Waals surface area contributed by atoms with Gasteiger partial charge in [0.15, 0.2) is 0 Å². The molecule has 0 aliphatic carbocycles. The second kappa shape index (κ2) is 7.60. The van der Waals surface area contributed by atoms with Crippen molar-refractivity contribution >= 4 is 5.82 Å². The van der Waals surface area contributed by atoms with Crippen LogP contribution in [0.2, 0.25) is 0 Å². The molecule has 5 heteroatoms. The Kier molecular flexibility index (Phi) is 5.28. The summed E-state index contributed by atoms with van der Waals surface area (Å²) in [5.41, 5.74) is 1.43. The molecule has 0 saturated carbocycles. The monoisotopic (exact) mass is 326 g/mol. The lowest BCUT2D eigenvalue weighted by Crippen LogP contribution is -2.25. The molecular weight excluding hydrogens is 300 g/mol. The maximum atomic E-state index is 11.6. The molecule has 0 amide bonds. The molecule has 1 aliphatic rings. The molecule has 1 fully saturated rings. The predicted octanol–water partition coefficient (Wildman–Crippen LogP) is 3.55. The Morgan fingerprint density at radius 2 is 2.17 bits per heavy atom. The Morgan fingerprint density at radius 1 is 1.29 bits per heavy atom. The largest absolute Gasteiger partial charge is 0.357 e. The molecule has 1 saturated heterocycles. The highest BCUT2D eigenvalue weighted by Crippen LogP contribution is 2.25. The van der Waals surface area contributed by atoms with Gasteiger partial charge in [-0.05, 0) is 44.2 Å². The summed E-state index contributed by atoms with van der Waals surface area (Å²) in [7, 11) is 0. The zero-order chi connectivity index (χ0) is 16.9. The second-order valence-corrected chi connectivity index (χ2v) is 6.71. The third kappa shape index (κ3) is 4.02. The molecule has 0 bridgehead atoms. The zero-order valence-electron chi connectivity index (χ0n) is 14.6. The smallest absolute Gasteiger partial charge is 0.251 e. The molecule has 0 radical (unpaired) electrons. The normalized spacial score (nSPS) is 18.4. The quantitative estimate of drug-likeness (QED) is 0.933. The van der Waals surface area contributed by atoms with Crippen LogP contribution in [-0.2, 0) is 0 Å². The van der Waals surface area contributed by atoms with Crippen molar-refractivity contribution in [3.8, 4) is 11.4 Å². The first-order chi connectivity index (χ1) is 11.7. The summed E-state index contributed by atoms with van der Waals surface area (Å²) in [5, 5.41) is 0. The fourth-order valence-electron chi connectivity index (χ4n) is 3.52. The first-order valence-electron chi connectivity index (χ1n) is 8.95. The van der Waals surface area contributed by atoms with E-state index < -0.39 is 0 Å². The van der Waals surface area contributed by atoms with Crippen LogP contribution in [0.5, 0.6) is 0 Å². The Bertz CT molecular complexity index is 723. The Morgan fingerprint density at radius 3 is 2.88 bits per heavy atom. The summed E-state index contributed by atoms with van der Waals surface area (Å²) in [6.45, 7) is 6.25. The molecule has 0 spiro atoms. The lowest BCUT2D eigenvalue weighted by molar-refractivity contribution is 0.435. The fourth-order valence-corrected chi connectivity index (χ4v) is 3.52. The maximum Gasteiger partial charge on any atom is 0.251 e. The topological polar surface area (TPSA) is 61.9 Å². The lowest BCUT2D eigenvalue weighted by atomic mass is 9.96. The average molecular weight is 326 g/mol. The van der Waals surface area contributed by atoms with E-state index in [9.17, 15) is 4.79 Å². The van der Waals surface area contributed by atoms with Crippen molar-refractivity contribution in [2.75, 3.05) is 18.0 Å². The Balaban J connectivity index is 1.73. The minimum atomic E-state index is -0.129. The van der Waals surface area contributed by atoms with E-state index in [0.717, 1.165) is 30.4 Å². The average Bonchev–Trinajstić information content (AvgIpc) is 2.80. The zero-order valence-corrected chi connectivity index (χ0v) is 14.6. The SMILES string of the molecule is CCC[C@@H]1CCCN(c2ccc(-c3nc(C)cc(=O)[nH]3)cn2)CC1. The molecule has 1 aliphatic heterocycles. The molecule has 2 aromatic rings. The van der Waals surface area contributed by atoms with E-state index >= 15 is 0 Å². The summed E-state index contributed by atoms with van der Waals surface area (Å²) in [5.74, 6) is 2.46. The van der Waals surface area contributed by atoms with E-state index in [0.29, 0.717) is 11.5 Å². The number of pyridine rings is 1. The van der Waals surface area contributed by atoms with Crippen molar-refractivity contribution < 1.29 is 0 Å². The summed E-state index contributed by atoms with van der Waals surface area (Å²) in [6.07, 6.45) is 8.25. The molecule has 128 valence electrons. The summed E-state index contributed by atoms with van der Waals surface area (Å²) in [4.78, 5) is 25.7. The molecule has 3 heterocycles. The van der Waals surface area contributed by atoms with Gasteiger partial charge in [-0.2, -0.15) is 0 Å². The van der Waals surface area contributed by atoms with Crippen LogP contribution in [0.25, 0.3) is 11.4 Å². The second-order valence-electron chi connectivity index (χ2n) is 6.71. The van der Waals surface area contributed by atoms with Crippen LogP contribution in [0, 0.1) is 12.8 Å². The highest BCUT2D eigenvalue weighted by atomic mass is 16.1. The van der Waals surface area contributed by atoms with Gasteiger partial charge in [-0.25, -0.2) is 9.97 Å². The van der Waals surface area contributed by atoms with Crippen LogP contribution in [0.4, 0.5) is 5.82 Å². The van der Waals surface area contributed by atoms with Gasteiger partial charge < -0.3 is 9.88 Å². The van der Waals surface area contributed by atoms with Gasteiger partial charge in [-0.3, -0.25) is 4.79 Å². The molecule has 1 atom stereocenters. The number of hydrogen-bond donors (Lipinski definition) is 1. The lowest BCUT2D eigenvalue weighted by Gasteiger charge is -2.21. The van der Waals surface area contributed by atoms with Crippen LogP contribution in [0.1, 0.15) is 44.7 Å². The van der Waals surface area contributed by atoms with Crippen LogP contribution in [0.15, 0.2) is 29.2 Å². The molecule has 3 rings (SSSR count). The number of anilines is 1. The van der Waals surface area contributed by atoms with Gasteiger partial charge in [0.2, 0.25) is 0 Å². The minimum Gasteiger partial charge on any atom is -0.357 e. The number of aromatic nitrogens is 3. The third-order valence-electron chi connectivity index (χ3n) is 4.76. The number of hydrogen-bond acceptors (Lipinski definition) is 4. The first kappa shape index (κ1) is 16.7. The van der Waals surface area contributed by atoms with Crippen LogP contribution < -0.4 is 10.5 Å². The fraction of sp³-hybridized carbons (Fsp3) is 0.526. The molecular formula is C19H26N4O. The van der Waals surface area contributed by atoms with Gasteiger partial charge in [0.25, 0.3) is 5.56 Å². The Labute approximate surface area is 143 Å². The molecule has 0 unspecified atom stereocenters. The van der Waals surface area contributed by atoms with Crippen molar-refractivity contribution in [1.29, 1.82) is 0 Å². The van der Waals surface area contributed by atoms with Gasteiger partial charge in [-0.15, -0.1) is 0 Å². The maximum absolute atomic E-state index is 11.6. The van der Waals surface area contributed by atoms with Crippen molar-refractivity contribution in [1.82, 2.24) is 15.0 Å². The molecule has 2 aromatic heterocycles. The van der Waals surface area contributed by atoms with E-state index in [1.165, 1.54) is 38.2 Å². The van der Waals surface area contributed by atoms with Crippen LogP contribution in [0.3, 0.4) is 0 Å². The summed E-state index contributed by atoms with van der Waals surface area (Å²) >= 11 is 0. The minimum absolute atomic E-state index is 0.129. The van der Waals surface area contributed by atoms with Crippen molar-refractivity contribution in [3.05, 3.63) is 40.4 Å². The van der Waals surface area contributed by atoms with E-state index in [4.69, 9.17) is 0 Å². The molecule has 24 heavy (non-hydrogen) atoms. The van der Waals surface area contributed by atoms with Gasteiger partial charge in [0, 0.05) is 36.6 Å². The van der Waals surface area contributed by atoms with E-state index in [2.05, 4.69) is 26.8 Å². The van der Waals surface area contributed by atoms with Gasteiger partial charge in [-0.1, -0.05) is 19.8 Å². The van der Waals surface area contributed by atoms with Crippen molar-refractivity contribution in [3.63, 3.8) is 0 Å². The molecule has 1 N–H and O–H groups in total. The van der Waals surface area contributed by atoms with Crippen molar-refractivity contribution in [2.24, 2.45) is 5.92 Å². The third-order valence-corrected chi connectivity index (χ3v) is 4.76. The number of aromatic amines is 1. The number of H-pyrrole nitrogens is 1. The first-order valence-corrected chi connectivity index (χ1v) is 8.95. The van der Waals surface area contributed by atoms with Gasteiger partial charge in [0.05, 0.1) is 0 Å². The van der Waals surface area contributed by atoms with Gasteiger partial charge >= 0.3 is 0 Å². The highest BCUT2D eigenvalue weighted by molar-refractivity contribution is 5.56. The highest BCUT2D eigenvalue weighted by Gasteiger charge is 2.17. The molecule has 5 nitrogen and oxygen atoms in total. The number of rotatable bonds is 4. The van der Waals surface area contributed by atoms with E-state index in [1.807, 2.05) is 25.3 Å². The van der Waals surface area contributed by atoms with Crippen molar-refractivity contribution in [2.45, 2.75) is 46.0 Å². The van der Waals surface area contributed by atoms with E-state index in [-0.39, 0.29) is 5.56 Å². The summed E-state index contributed by atoms with van der Waals surface area (Å²) in [6, 6.07) is 5.53. The number of aryl methyl sites for hydroxylation is 1. The number of nitrogens with zero attached hydrogens (tertiary/aromatic N) is 3. The predicted molar refractivity (Wildman–Crippen MR) is 97.3 cm³/mol. The standard InChI is InChI=1S/C19H26N4O/c1-3-5-15-6-4-10-23(11-9-15)17-8-7-16(13-20-17)19-21-14(2)12-18(24)22-19/h7-8,12-13,15H,3-6,9-11H2,1-2H3,(H,21,22,24)/t15-/m1/s1. The van der Waals surface area contributed by atoms with E-state index in [1.54, 1.807) is 0 Å².